The number of allylic oxidation sites excluding steroid dienone is 1. The Kier molecular flexibility index (Phi) is 2.86. The topological polar surface area (TPSA) is 42.7 Å². The summed E-state index contributed by atoms with van der Waals surface area (Å²) in [6.45, 7) is 2.10. The number of hydrogen-bond acceptors (Lipinski definition) is 4. The lowest BCUT2D eigenvalue weighted by atomic mass is 10.0. The van der Waals surface area contributed by atoms with Gasteiger partial charge in [0.1, 0.15) is 12.4 Å². The minimum Gasteiger partial charge on any atom is -0.323 e. The van der Waals surface area contributed by atoms with E-state index >= 15 is 0 Å². The Morgan fingerprint density at radius 2 is 2.05 bits per heavy atom. The summed E-state index contributed by atoms with van der Waals surface area (Å²) in [6, 6.07) is 12.8. The van der Waals surface area contributed by atoms with Crippen molar-refractivity contribution in [1.82, 2.24) is 14.8 Å². The van der Waals surface area contributed by atoms with E-state index in [2.05, 4.69) is 70.2 Å². The van der Waals surface area contributed by atoms with E-state index < -0.39 is 0 Å². The Balaban J connectivity index is 1.82. The van der Waals surface area contributed by atoms with Gasteiger partial charge < -0.3 is 5.32 Å². The molecule has 0 saturated carbocycles. The van der Waals surface area contributed by atoms with Gasteiger partial charge in [0.15, 0.2) is 0 Å². The molecule has 21 heavy (non-hydrogen) atoms. The first-order chi connectivity index (χ1) is 10.3. The van der Waals surface area contributed by atoms with Crippen molar-refractivity contribution in [3.8, 4) is 0 Å². The van der Waals surface area contributed by atoms with E-state index in [0.717, 1.165) is 11.6 Å². The van der Waals surface area contributed by atoms with Crippen LogP contribution in [0.4, 0.5) is 5.95 Å². The molecule has 1 aromatic carbocycles. The number of fused-ring (bicyclic) bond motifs is 1. The standard InChI is InChI=1S/C16H14N4S/c1-11-4-6-12(7-5-11)14-9-13(15-3-2-8-21-15)19-16-17-10-18-20(14)16/h2-10,14H,1H3,(H,17,18,19)/t14-/m0/s1. The first kappa shape index (κ1) is 12.3. The van der Waals surface area contributed by atoms with E-state index in [0.29, 0.717) is 0 Å². The summed E-state index contributed by atoms with van der Waals surface area (Å²) < 4.78 is 1.92. The molecule has 2 aromatic heterocycles. The van der Waals surface area contributed by atoms with Gasteiger partial charge in [0.2, 0.25) is 5.95 Å². The van der Waals surface area contributed by atoms with Crippen molar-refractivity contribution in [1.29, 1.82) is 0 Å². The molecule has 104 valence electrons. The molecule has 3 aromatic rings. The fraction of sp³-hybridized carbons (Fsp3) is 0.125. The second-order valence-corrected chi connectivity index (χ2v) is 6.01. The zero-order chi connectivity index (χ0) is 14.2. The van der Waals surface area contributed by atoms with Gasteiger partial charge in [0.25, 0.3) is 0 Å². The van der Waals surface area contributed by atoms with E-state index in [9.17, 15) is 0 Å². The molecular formula is C16H14N4S. The van der Waals surface area contributed by atoms with Crippen LogP contribution in [0, 0.1) is 6.92 Å². The number of hydrogen-bond donors (Lipinski definition) is 1. The van der Waals surface area contributed by atoms with E-state index in [1.54, 1.807) is 17.7 Å². The summed E-state index contributed by atoms with van der Waals surface area (Å²) in [4.78, 5) is 5.52. The molecule has 0 unspecified atom stereocenters. The normalized spacial score (nSPS) is 17.0. The van der Waals surface area contributed by atoms with Crippen molar-refractivity contribution in [3.05, 3.63) is 70.2 Å². The maximum Gasteiger partial charge on any atom is 0.226 e. The smallest absolute Gasteiger partial charge is 0.226 e. The molecular weight excluding hydrogens is 280 g/mol. The number of rotatable bonds is 2. The van der Waals surface area contributed by atoms with Crippen LogP contribution >= 0.6 is 11.3 Å². The first-order valence-corrected chi connectivity index (χ1v) is 7.68. The Morgan fingerprint density at radius 3 is 2.81 bits per heavy atom. The van der Waals surface area contributed by atoms with Crippen molar-refractivity contribution in [2.45, 2.75) is 13.0 Å². The summed E-state index contributed by atoms with van der Waals surface area (Å²) in [5, 5.41) is 9.79. The number of nitrogens with one attached hydrogen (secondary N) is 1. The highest BCUT2D eigenvalue weighted by Gasteiger charge is 2.23. The lowest BCUT2D eigenvalue weighted by Crippen LogP contribution is -2.19. The molecule has 1 N–H and O–H groups in total. The van der Waals surface area contributed by atoms with Crippen LogP contribution in [-0.4, -0.2) is 14.8 Å². The Labute approximate surface area is 126 Å². The van der Waals surface area contributed by atoms with Crippen molar-refractivity contribution in [2.75, 3.05) is 5.32 Å². The predicted molar refractivity (Wildman–Crippen MR) is 85.3 cm³/mol. The third kappa shape index (κ3) is 2.15. The number of benzene rings is 1. The van der Waals surface area contributed by atoms with Crippen molar-refractivity contribution < 1.29 is 0 Å². The lowest BCUT2D eigenvalue weighted by molar-refractivity contribution is 0.612. The highest BCUT2D eigenvalue weighted by molar-refractivity contribution is 7.11. The highest BCUT2D eigenvalue weighted by atomic mass is 32.1. The molecule has 0 aliphatic carbocycles. The zero-order valence-corrected chi connectivity index (χ0v) is 12.3. The molecule has 4 nitrogen and oxygen atoms in total. The molecule has 0 amide bonds. The molecule has 1 aliphatic heterocycles. The van der Waals surface area contributed by atoms with Gasteiger partial charge in [0, 0.05) is 0 Å². The van der Waals surface area contributed by atoms with Gasteiger partial charge in [-0.25, -0.2) is 4.68 Å². The number of anilines is 1. The molecule has 0 bridgehead atoms. The monoisotopic (exact) mass is 294 g/mol. The van der Waals surface area contributed by atoms with Crippen LogP contribution < -0.4 is 5.32 Å². The van der Waals surface area contributed by atoms with Gasteiger partial charge in [-0.15, -0.1) is 11.3 Å². The quantitative estimate of drug-likeness (QED) is 0.783. The van der Waals surface area contributed by atoms with E-state index in [1.165, 1.54) is 16.0 Å². The molecule has 4 rings (SSSR count). The van der Waals surface area contributed by atoms with Crippen LogP contribution in [0.15, 0.2) is 54.2 Å². The van der Waals surface area contributed by atoms with Crippen molar-refractivity contribution >= 4 is 23.0 Å². The van der Waals surface area contributed by atoms with Crippen molar-refractivity contribution in [3.63, 3.8) is 0 Å². The lowest BCUT2D eigenvalue weighted by Gasteiger charge is -2.23. The largest absolute Gasteiger partial charge is 0.323 e. The zero-order valence-electron chi connectivity index (χ0n) is 11.5. The molecule has 0 radical (unpaired) electrons. The summed E-state index contributed by atoms with van der Waals surface area (Å²) in [6.07, 6.45) is 3.80. The predicted octanol–water partition coefficient (Wildman–Crippen LogP) is 3.70. The van der Waals surface area contributed by atoms with Crippen molar-refractivity contribution in [2.24, 2.45) is 0 Å². The van der Waals surface area contributed by atoms with E-state index in [1.807, 2.05) is 4.68 Å². The fourth-order valence-electron chi connectivity index (χ4n) is 2.51. The Hall–Kier alpha value is -2.40. The minimum atomic E-state index is 0.0708. The summed E-state index contributed by atoms with van der Waals surface area (Å²) in [7, 11) is 0. The molecule has 1 atom stereocenters. The number of aryl methyl sites for hydroxylation is 1. The van der Waals surface area contributed by atoms with Gasteiger partial charge in [0.05, 0.1) is 10.6 Å². The van der Waals surface area contributed by atoms with Crippen LogP contribution in [0.25, 0.3) is 5.70 Å². The maximum atomic E-state index is 4.35. The average Bonchev–Trinajstić information content (AvgIpc) is 3.18. The maximum absolute atomic E-state index is 4.35. The second kappa shape index (κ2) is 4.86. The molecule has 0 spiro atoms. The van der Waals surface area contributed by atoms with Gasteiger partial charge in [-0.3, -0.25) is 0 Å². The summed E-state index contributed by atoms with van der Waals surface area (Å²) in [5.41, 5.74) is 3.56. The Morgan fingerprint density at radius 1 is 1.19 bits per heavy atom. The van der Waals surface area contributed by atoms with Gasteiger partial charge >= 0.3 is 0 Å². The average molecular weight is 294 g/mol. The van der Waals surface area contributed by atoms with Crippen LogP contribution in [0.5, 0.6) is 0 Å². The highest BCUT2D eigenvalue weighted by Crippen LogP contribution is 2.33. The number of thiophene rings is 1. The van der Waals surface area contributed by atoms with Gasteiger partial charge in [-0.1, -0.05) is 35.9 Å². The van der Waals surface area contributed by atoms with Gasteiger partial charge in [-0.05, 0) is 30.0 Å². The van der Waals surface area contributed by atoms with Crippen LogP contribution in [0.2, 0.25) is 0 Å². The minimum absolute atomic E-state index is 0.0708. The molecule has 0 fully saturated rings. The first-order valence-electron chi connectivity index (χ1n) is 6.80. The SMILES string of the molecule is Cc1ccc([C@@H]2C=C(c3cccs3)Nc3ncnn32)cc1. The summed E-state index contributed by atoms with van der Waals surface area (Å²) in [5.74, 6) is 0.784. The van der Waals surface area contributed by atoms with E-state index in [4.69, 9.17) is 0 Å². The molecule has 5 heteroatoms. The molecule has 1 aliphatic rings. The third-order valence-electron chi connectivity index (χ3n) is 3.61. The van der Waals surface area contributed by atoms with Crippen LogP contribution in [0.3, 0.4) is 0 Å². The Bertz CT molecular complexity index is 784. The van der Waals surface area contributed by atoms with E-state index in [-0.39, 0.29) is 6.04 Å². The fourth-order valence-corrected chi connectivity index (χ4v) is 3.22. The number of aromatic nitrogens is 3. The molecule has 0 saturated heterocycles. The van der Waals surface area contributed by atoms with Gasteiger partial charge in [-0.2, -0.15) is 10.1 Å². The number of nitrogens with zero attached hydrogens (tertiary/aromatic N) is 3. The van der Waals surface area contributed by atoms with Crippen LogP contribution in [0.1, 0.15) is 22.0 Å². The van der Waals surface area contributed by atoms with Crippen LogP contribution in [-0.2, 0) is 0 Å². The second-order valence-electron chi connectivity index (χ2n) is 5.07. The molecule has 3 heterocycles. The third-order valence-corrected chi connectivity index (χ3v) is 4.52. The summed E-state index contributed by atoms with van der Waals surface area (Å²) >= 11 is 1.72.